The van der Waals surface area contributed by atoms with Gasteiger partial charge in [-0.2, -0.15) is 13.2 Å². The van der Waals surface area contributed by atoms with Crippen molar-refractivity contribution in [3.05, 3.63) is 40.4 Å². The van der Waals surface area contributed by atoms with E-state index in [9.17, 15) is 26.4 Å². The highest BCUT2D eigenvalue weighted by Crippen LogP contribution is 2.43. The topological polar surface area (TPSA) is 82.6 Å². The molecule has 3 heterocycles. The van der Waals surface area contributed by atoms with Crippen LogP contribution in [-0.2, 0) is 27.6 Å². The number of nitrogens with zero attached hydrogens (tertiary/aromatic N) is 3. The Morgan fingerprint density at radius 2 is 1.89 bits per heavy atom. The van der Waals surface area contributed by atoms with Crippen molar-refractivity contribution in [3.8, 4) is 0 Å². The second-order valence-corrected chi connectivity index (χ2v) is 14.0. The number of alkyl halides is 3. The summed E-state index contributed by atoms with van der Waals surface area (Å²) >= 11 is 1.44. The smallest absolute Gasteiger partial charge is 0.302 e. The SMILES string of the molecule is CCS(=O)(=O)c1ccc(CC(=O)Nc2nc3c(s2)CN(C[C@@H]2CC[C@H](C(F)(F)F)N(C)C2)[C@H]3C(C)C)cc1. The van der Waals surface area contributed by atoms with Crippen molar-refractivity contribution in [2.75, 3.05) is 31.2 Å². The lowest BCUT2D eigenvalue weighted by molar-refractivity contribution is -0.191. The number of sulfone groups is 1. The summed E-state index contributed by atoms with van der Waals surface area (Å²) in [6, 6.07) is 5.02. The molecule has 3 atom stereocenters. The third-order valence-corrected chi connectivity index (χ3v) is 10.2. The van der Waals surface area contributed by atoms with Crippen molar-refractivity contribution in [1.29, 1.82) is 0 Å². The molecule has 1 aromatic carbocycles. The fourth-order valence-corrected chi connectivity index (χ4v) is 7.52. The van der Waals surface area contributed by atoms with Gasteiger partial charge in [0.1, 0.15) is 6.04 Å². The Labute approximate surface area is 226 Å². The summed E-state index contributed by atoms with van der Waals surface area (Å²) in [6.45, 7) is 7.61. The monoisotopic (exact) mass is 572 g/mol. The fourth-order valence-electron chi connectivity index (χ4n) is 5.60. The second-order valence-electron chi connectivity index (χ2n) is 10.7. The standard InChI is InChI=1S/C26H35F3N4O3S2/c1-5-38(35,36)19-9-6-17(7-10-19)12-22(34)30-25-31-23-20(37-25)15-33(24(23)16(2)3)14-18-8-11-21(26(27,28)29)32(4)13-18/h6-7,9-10,16,18,21,24H,5,8,11-15H2,1-4H3,(H,30,31,34)/t18-,21-,24+/m1/s1. The van der Waals surface area contributed by atoms with Crippen LogP contribution in [0.25, 0.3) is 0 Å². The molecule has 1 saturated heterocycles. The van der Waals surface area contributed by atoms with Crippen molar-refractivity contribution in [1.82, 2.24) is 14.8 Å². The van der Waals surface area contributed by atoms with Crippen LogP contribution in [-0.4, -0.2) is 67.2 Å². The highest BCUT2D eigenvalue weighted by molar-refractivity contribution is 7.91. The van der Waals surface area contributed by atoms with Crippen LogP contribution in [0.4, 0.5) is 18.3 Å². The van der Waals surface area contributed by atoms with Crippen molar-refractivity contribution < 1.29 is 26.4 Å². The van der Waals surface area contributed by atoms with Gasteiger partial charge in [-0.05, 0) is 49.4 Å². The molecule has 2 aromatic rings. The fraction of sp³-hybridized carbons (Fsp3) is 0.615. The van der Waals surface area contributed by atoms with Crippen LogP contribution in [0.3, 0.4) is 0 Å². The number of thiazole rings is 1. The Balaban J connectivity index is 1.37. The lowest BCUT2D eigenvalue weighted by atomic mass is 9.91. The van der Waals surface area contributed by atoms with Crippen LogP contribution >= 0.6 is 11.3 Å². The number of fused-ring (bicyclic) bond motifs is 1. The quantitative estimate of drug-likeness (QED) is 0.485. The summed E-state index contributed by atoms with van der Waals surface area (Å²) in [5.41, 5.74) is 1.64. The Bertz CT molecular complexity index is 1250. The van der Waals surface area contributed by atoms with E-state index in [1.807, 2.05) is 0 Å². The van der Waals surface area contributed by atoms with Crippen molar-refractivity contribution in [2.45, 2.75) is 69.7 Å². The third-order valence-electron chi connectivity index (χ3n) is 7.45. The molecule has 0 unspecified atom stereocenters. The number of hydrogen-bond acceptors (Lipinski definition) is 7. The van der Waals surface area contributed by atoms with E-state index in [0.29, 0.717) is 36.8 Å². The molecular formula is C26H35F3N4O3S2. The highest BCUT2D eigenvalue weighted by atomic mass is 32.2. The van der Waals surface area contributed by atoms with E-state index in [1.165, 1.54) is 28.4 Å². The summed E-state index contributed by atoms with van der Waals surface area (Å²) in [5, 5.41) is 3.40. The van der Waals surface area contributed by atoms with Gasteiger partial charge in [0, 0.05) is 24.5 Å². The Kier molecular flexibility index (Phi) is 8.56. The lowest BCUT2D eigenvalue weighted by Gasteiger charge is -2.40. The molecule has 2 aliphatic rings. The molecule has 1 fully saturated rings. The molecule has 38 heavy (non-hydrogen) atoms. The number of rotatable bonds is 8. The molecule has 0 saturated carbocycles. The van der Waals surface area contributed by atoms with Gasteiger partial charge in [0.2, 0.25) is 5.91 Å². The molecule has 7 nitrogen and oxygen atoms in total. The Morgan fingerprint density at radius 1 is 1.21 bits per heavy atom. The minimum atomic E-state index is -4.19. The summed E-state index contributed by atoms with van der Waals surface area (Å²) in [6.07, 6.45) is -3.42. The predicted octanol–water partition coefficient (Wildman–Crippen LogP) is 4.90. The third kappa shape index (κ3) is 6.40. The van der Waals surface area contributed by atoms with Crippen molar-refractivity contribution >= 4 is 32.2 Å². The predicted molar refractivity (Wildman–Crippen MR) is 142 cm³/mol. The zero-order valence-electron chi connectivity index (χ0n) is 22.1. The van der Waals surface area contributed by atoms with Crippen LogP contribution in [0, 0.1) is 11.8 Å². The molecule has 0 radical (unpaired) electrons. The summed E-state index contributed by atoms with van der Waals surface area (Å²) in [4.78, 5) is 22.5. The number of amides is 1. The lowest BCUT2D eigenvalue weighted by Crippen LogP contribution is -2.50. The van der Waals surface area contributed by atoms with E-state index in [-0.39, 0.29) is 47.3 Å². The zero-order chi connectivity index (χ0) is 27.8. The van der Waals surface area contributed by atoms with Gasteiger partial charge in [-0.1, -0.05) is 32.9 Å². The van der Waals surface area contributed by atoms with Crippen LogP contribution in [0.2, 0.25) is 0 Å². The van der Waals surface area contributed by atoms with Crippen LogP contribution < -0.4 is 5.32 Å². The maximum Gasteiger partial charge on any atom is 0.404 e. The minimum Gasteiger partial charge on any atom is -0.302 e. The number of carbonyl (C=O) groups excluding carboxylic acids is 1. The number of carbonyl (C=O) groups is 1. The number of likely N-dealkylation sites (tertiary alicyclic amines) is 1. The molecule has 1 aromatic heterocycles. The van der Waals surface area contributed by atoms with E-state index in [0.717, 1.165) is 10.6 Å². The maximum atomic E-state index is 13.2. The average Bonchev–Trinajstić information content (AvgIpc) is 3.34. The molecule has 0 bridgehead atoms. The molecule has 4 rings (SSSR count). The van der Waals surface area contributed by atoms with E-state index in [2.05, 4.69) is 24.1 Å². The maximum absolute atomic E-state index is 13.2. The highest BCUT2D eigenvalue weighted by Gasteiger charge is 2.45. The molecule has 2 aliphatic heterocycles. The summed E-state index contributed by atoms with van der Waals surface area (Å²) < 4.78 is 63.7. The second kappa shape index (κ2) is 11.2. The normalized spacial score (nSPS) is 23.1. The number of hydrogen-bond donors (Lipinski definition) is 1. The molecular weight excluding hydrogens is 537 g/mol. The van der Waals surface area contributed by atoms with Gasteiger partial charge in [-0.3, -0.25) is 14.6 Å². The number of aromatic nitrogens is 1. The van der Waals surface area contributed by atoms with Crippen molar-refractivity contribution in [2.24, 2.45) is 11.8 Å². The van der Waals surface area contributed by atoms with E-state index in [1.54, 1.807) is 26.1 Å². The van der Waals surface area contributed by atoms with Gasteiger partial charge >= 0.3 is 6.18 Å². The minimum absolute atomic E-state index is 0.0204. The molecule has 1 N–H and O–H groups in total. The molecule has 0 spiro atoms. The van der Waals surface area contributed by atoms with Crippen molar-refractivity contribution in [3.63, 3.8) is 0 Å². The average molecular weight is 573 g/mol. The molecule has 1 amide bonds. The van der Waals surface area contributed by atoms with Gasteiger partial charge in [-0.15, -0.1) is 11.3 Å². The van der Waals surface area contributed by atoms with Gasteiger partial charge in [0.05, 0.1) is 28.8 Å². The van der Waals surface area contributed by atoms with E-state index < -0.39 is 22.1 Å². The zero-order valence-corrected chi connectivity index (χ0v) is 23.7. The number of piperidine rings is 1. The first-order chi connectivity index (χ1) is 17.8. The van der Waals surface area contributed by atoms with Crippen LogP contribution in [0.5, 0.6) is 0 Å². The number of nitrogens with one attached hydrogen (secondary N) is 1. The van der Waals surface area contributed by atoms with Crippen LogP contribution in [0.1, 0.15) is 55.8 Å². The number of anilines is 1. The summed E-state index contributed by atoms with van der Waals surface area (Å²) in [5.74, 6) is 0.203. The van der Waals surface area contributed by atoms with Crippen LogP contribution in [0.15, 0.2) is 29.2 Å². The molecule has 12 heteroatoms. The van der Waals surface area contributed by atoms with Gasteiger partial charge in [0.15, 0.2) is 15.0 Å². The first-order valence-corrected chi connectivity index (χ1v) is 15.4. The number of halogens is 3. The number of benzene rings is 1. The summed E-state index contributed by atoms with van der Waals surface area (Å²) in [7, 11) is -1.73. The molecule has 0 aliphatic carbocycles. The first-order valence-electron chi connectivity index (χ1n) is 12.9. The van der Waals surface area contributed by atoms with E-state index >= 15 is 0 Å². The Morgan fingerprint density at radius 3 is 2.47 bits per heavy atom. The first kappa shape index (κ1) is 29.0. The van der Waals surface area contributed by atoms with Gasteiger partial charge in [-0.25, -0.2) is 13.4 Å². The van der Waals surface area contributed by atoms with Gasteiger partial charge < -0.3 is 5.32 Å². The molecule has 210 valence electrons. The largest absolute Gasteiger partial charge is 0.404 e. The van der Waals surface area contributed by atoms with E-state index in [4.69, 9.17) is 4.98 Å². The Hall–Kier alpha value is -2.02. The van der Waals surface area contributed by atoms with Gasteiger partial charge in [0.25, 0.3) is 0 Å².